The van der Waals surface area contributed by atoms with Crippen molar-refractivity contribution in [2.75, 3.05) is 5.32 Å². The summed E-state index contributed by atoms with van der Waals surface area (Å²) < 4.78 is 6.04. The Labute approximate surface area is 114 Å². The zero-order valence-corrected chi connectivity index (χ0v) is 11.7. The summed E-state index contributed by atoms with van der Waals surface area (Å²) in [5.74, 6) is 1.28. The molecule has 1 aliphatic rings. The summed E-state index contributed by atoms with van der Waals surface area (Å²) in [4.78, 5) is 4.17. The lowest BCUT2D eigenvalue weighted by molar-refractivity contribution is 0.388. The first kappa shape index (κ1) is 11.7. The van der Waals surface area contributed by atoms with Crippen LogP contribution in [0.4, 0.5) is 5.69 Å². The lowest BCUT2D eigenvalue weighted by atomic mass is 10.1. The molecule has 4 nitrogen and oxygen atoms in total. The van der Waals surface area contributed by atoms with Crippen molar-refractivity contribution >= 4 is 21.6 Å². The van der Waals surface area contributed by atoms with Gasteiger partial charge in [0.2, 0.25) is 5.89 Å². The van der Waals surface area contributed by atoms with Gasteiger partial charge in [-0.1, -0.05) is 5.16 Å². The Morgan fingerprint density at radius 2 is 2.11 bits per heavy atom. The van der Waals surface area contributed by atoms with Gasteiger partial charge in [0.1, 0.15) is 0 Å². The fraction of sp³-hybridized carbons (Fsp3) is 0.385. The number of anilines is 1. The highest BCUT2D eigenvalue weighted by Gasteiger charge is 2.14. The van der Waals surface area contributed by atoms with Crippen LogP contribution in [-0.2, 0) is 19.4 Å². The van der Waals surface area contributed by atoms with E-state index in [0.29, 0.717) is 18.3 Å². The molecule has 1 aromatic carbocycles. The molecule has 0 bridgehead atoms. The number of aryl methyl sites for hydroxylation is 3. The molecule has 3 rings (SSSR count). The Morgan fingerprint density at radius 3 is 2.83 bits per heavy atom. The van der Waals surface area contributed by atoms with Gasteiger partial charge in [0.05, 0.1) is 6.54 Å². The van der Waals surface area contributed by atoms with Gasteiger partial charge in [0.15, 0.2) is 5.82 Å². The third kappa shape index (κ3) is 2.27. The molecular weight excluding hydrogens is 294 g/mol. The van der Waals surface area contributed by atoms with Crippen molar-refractivity contribution in [1.29, 1.82) is 0 Å². The maximum atomic E-state index is 4.94. The number of nitrogens with one attached hydrogen (secondary N) is 1. The highest BCUT2D eigenvalue weighted by Crippen LogP contribution is 2.31. The van der Waals surface area contributed by atoms with E-state index in [-0.39, 0.29) is 0 Å². The number of hydrogen-bond acceptors (Lipinski definition) is 4. The predicted molar refractivity (Wildman–Crippen MR) is 72.5 cm³/mol. The zero-order chi connectivity index (χ0) is 12.5. The van der Waals surface area contributed by atoms with Crippen molar-refractivity contribution in [2.24, 2.45) is 0 Å². The molecule has 0 saturated carbocycles. The largest absolute Gasteiger partial charge is 0.377 e. The van der Waals surface area contributed by atoms with E-state index in [0.717, 1.165) is 10.2 Å². The van der Waals surface area contributed by atoms with Crippen LogP contribution in [0.25, 0.3) is 0 Å². The fourth-order valence-electron chi connectivity index (χ4n) is 2.32. The quantitative estimate of drug-likeness (QED) is 0.946. The van der Waals surface area contributed by atoms with E-state index >= 15 is 0 Å². The number of hydrogen-bond donors (Lipinski definition) is 1. The number of aromatic nitrogens is 2. The van der Waals surface area contributed by atoms with Gasteiger partial charge < -0.3 is 9.84 Å². The van der Waals surface area contributed by atoms with Crippen molar-refractivity contribution in [3.05, 3.63) is 39.4 Å². The first-order chi connectivity index (χ1) is 8.72. The molecule has 1 aromatic heterocycles. The normalized spacial score (nSPS) is 13.7. The average molecular weight is 308 g/mol. The van der Waals surface area contributed by atoms with Crippen LogP contribution in [0.5, 0.6) is 0 Å². The second-order valence-electron chi connectivity index (χ2n) is 4.54. The Bertz CT molecular complexity index is 580. The van der Waals surface area contributed by atoms with Gasteiger partial charge in [-0.2, -0.15) is 4.98 Å². The summed E-state index contributed by atoms with van der Waals surface area (Å²) in [6, 6.07) is 4.44. The minimum Gasteiger partial charge on any atom is -0.377 e. The first-order valence-corrected chi connectivity index (χ1v) is 6.86. The van der Waals surface area contributed by atoms with Gasteiger partial charge >= 0.3 is 0 Å². The molecule has 1 heterocycles. The van der Waals surface area contributed by atoms with Crippen molar-refractivity contribution in [2.45, 2.75) is 32.7 Å². The molecule has 1 N–H and O–H groups in total. The topological polar surface area (TPSA) is 51.0 Å². The summed E-state index contributed by atoms with van der Waals surface area (Å²) in [5.41, 5.74) is 4.01. The van der Waals surface area contributed by atoms with Gasteiger partial charge in [-0.15, -0.1) is 0 Å². The molecule has 0 spiro atoms. The van der Waals surface area contributed by atoms with Gasteiger partial charge in [0, 0.05) is 17.1 Å². The molecule has 1 aliphatic carbocycles. The number of fused-ring (bicyclic) bond motifs is 1. The average Bonchev–Trinajstić information content (AvgIpc) is 2.94. The molecular formula is C13H14BrN3O. The van der Waals surface area contributed by atoms with Crippen LogP contribution in [-0.4, -0.2) is 10.1 Å². The predicted octanol–water partition coefficient (Wildman–Crippen LogP) is 3.24. The summed E-state index contributed by atoms with van der Waals surface area (Å²) >= 11 is 3.60. The monoisotopic (exact) mass is 307 g/mol. The van der Waals surface area contributed by atoms with E-state index in [4.69, 9.17) is 4.52 Å². The van der Waals surface area contributed by atoms with Crippen LogP contribution in [0.2, 0.25) is 0 Å². The van der Waals surface area contributed by atoms with E-state index < -0.39 is 0 Å². The minimum atomic E-state index is 0.578. The molecule has 0 atom stereocenters. The van der Waals surface area contributed by atoms with Gasteiger partial charge in [-0.05, 0) is 58.5 Å². The molecule has 18 heavy (non-hydrogen) atoms. The lowest BCUT2D eigenvalue weighted by Crippen LogP contribution is -2.02. The third-order valence-corrected chi connectivity index (χ3v) is 3.84. The van der Waals surface area contributed by atoms with E-state index in [1.54, 1.807) is 6.92 Å². The molecule has 0 radical (unpaired) electrons. The fourth-order valence-corrected chi connectivity index (χ4v) is 2.85. The van der Waals surface area contributed by atoms with Gasteiger partial charge in [-0.3, -0.25) is 0 Å². The van der Waals surface area contributed by atoms with Crippen molar-refractivity contribution < 1.29 is 4.52 Å². The molecule has 0 unspecified atom stereocenters. The second-order valence-corrected chi connectivity index (χ2v) is 5.39. The first-order valence-electron chi connectivity index (χ1n) is 6.07. The second kappa shape index (κ2) is 4.72. The summed E-state index contributed by atoms with van der Waals surface area (Å²) in [7, 11) is 0. The van der Waals surface area contributed by atoms with Gasteiger partial charge in [0.25, 0.3) is 0 Å². The number of rotatable bonds is 3. The van der Waals surface area contributed by atoms with E-state index in [9.17, 15) is 0 Å². The van der Waals surface area contributed by atoms with Crippen molar-refractivity contribution in [3.8, 4) is 0 Å². The Balaban J connectivity index is 1.76. The van der Waals surface area contributed by atoms with E-state index in [1.165, 1.54) is 30.4 Å². The van der Waals surface area contributed by atoms with Crippen LogP contribution < -0.4 is 5.32 Å². The third-order valence-electron chi connectivity index (χ3n) is 3.19. The lowest BCUT2D eigenvalue weighted by Gasteiger charge is -2.09. The molecule has 2 aromatic rings. The number of halogens is 1. The zero-order valence-electron chi connectivity index (χ0n) is 10.2. The molecule has 5 heteroatoms. The Hall–Kier alpha value is -1.36. The van der Waals surface area contributed by atoms with Crippen LogP contribution in [0.3, 0.4) is 0 Å². The van der Waals surface area contributed by atoms with Crippen molar-refractivity contribution in [3.63, 3.8) is 0 Å². The number of benzene rings is 1. The molecule has 0 fully saturated rings. The Kier molecular flexibility index (Phi) is 3.07. The number of nitrogens with zero attached hydrogens (tertiary/aromatic N) is 2. The van der Waals surface area contributed by atoms with Crippen LogP contribution in [0.15, 0.2) is 21.1 Å². The molecule has 0 aliphatic heterocycles. The standard InChI is InChI=1S/C13H14BrN3O/c1-8-16-13(17-18-8)7-15-12-6-10-4-2-3-9(10)5-11(12)14/h5-6,15H,2-4,7H2,1H3. The molecule has 0 amide bonds. The summed E-state index contributed by atoms with van der Waals surface area (Å²) in [6.45, 7) is 2.37. The highest BCUT2D eigenvalue weighted by atomic mass is 79.9. The van der Waals surface area contributed by atoms with Gasteiger partial charge in [-0.25, -0.2) is 0 Å². The summed E-state index contributed by atoms with van der Waals surface area (Å²) in [6.07, 6.45) is 3.63. The van der Waals surface area contributed by atoms with Crippen molar-refractivity contribution in [1.82, 2.24) is 10.1 Å². The smallest absolute Gasteiger partial charge is 0.223 e. The SMILES string of the molecule is Cc1nc(CNc2cc3c(cc2Br)CCC3)no1. The maximum Gasteiger partial charge on any atom is 0.223 e. The summed E-state index contributed by atoms with van der Waals surface area (Å²) in [5, 5.41) is 7.21. The van der Waals surface area contributed by atoms with Crippen LogP contribution in [0.1, 0.15) is 29.3 Å². The van der Waals surface area contributed by atoms with Crippen LogP contribution >= 0.6 is 15.9 Å². The highest BCUT2D eigenvalue weighted by molar-refractivity contribution is 9.10. The van der Waals surface area contributed by atoms with E-state index in [2.05, 4.69) is 43.5 Å². The van der Waals surface area contributed by atoms with Crippen LogP contribution in [0, 0.1) is 6.92 Å². The minimum absolute atomic E-state index is 0.578. The van der Waals surface area contributed by atoms with E-state index in [1.807, 2.05) is 0 Å². The Morgan fingerprint density at radius 1 is 1.33 bits per heavy atom. The molecule has 94 valence electrons. The maximum absolute atomic E-state index is 4.94. The molecule has 0 saturated heterocycles.